The van der Waals surface area contributed by atoms with Crippen molar-refractivity contribution in [1.29, 1.82) is 0 Å². The van der Waals surface area contributed by atoms with Gasteiger partial charge in [0, 0.05) is 24.5 Å². The third kappa shape index (κ3) is 2.96. The van der Waals surface area contributed by atoms with Gasteiger partial charge in [0.1, 0.15) is 5.75 Å². The molecule has 1 aromatic rings. The number of aryl methyl sites for hydroxylation is 1. The smallest absolute Gasteiger partial charge is 0.217 e. The summed E-state index contributed by atoms with van der Waals surface area (Å²) in [6.07, 6.45) is 1.47. The number of Topliss-reactive ketones (excluding diaryl/α,β-unsaturated/α-hetero) is 1. The van der Waals surface area contributed by atoms with Gasteiger partial charge in [-0.25, -0.2) is 0 Å². The maximum Gasteiger partial charge on any atom is 0.217 e. The molecule has 4 nitrogen and oxygen atoms in total. The zero-order valence-corrected chi connectivity index (χ0v) is 12.4. The van der Waals surface area contributed by atoms with Crippen LogP contribution in [0.25, 0.3) is 0 Å². The van der Waals surface area contributed by atoms with E-state index in [0.717, 1.165) is 23.3 Å². The molecule has 0 radical (unpaired) electrons. The molecule has 0 spiro atoms. The highest BCUT2D eigenvalue weighted by Crippen LogP contribution is 2.36. The van der Waals surface area contributed by atoms with Gasteiger partial charge in [0.2, 0.25) is 5.91 Å². The van der Waals surface area contributed by atoms with Crippen molar-refractivity contribution >= 4 is 23.3 Å². The largest absolute Gasteiger partial charge is 0.493 e. The molecule has 2 rings (SSSR count). The molecule has 0 aromatic heterocycles. The molecule has 1 unspecified atom stereocenters. The summed E-state index contributed by atoms with van der Waals surface area (Å²) in [6.45, 7) is 4.06. The number of rotatable bonds is 4. The van der Waals surface area contributed by atoms with Gasteiger partial charge in [-0.2, -0.15) is 0 Å². The van der Waals surface area contributed by atoms with Crippen molar-refractivity contribution in [3.05, 3.63) is 28.8 Å². The molecule has 0 saturated heterocycles. The van der Waals surface area contributed by atoms with E-state index in [2.05, 4.69) is 5.32 Å². The number of benzene rings is 1. The Morgan fingerprint density at radius 3 is 2.80 bits per heavy atom. The molecule has 1 atom stereocenters. The van der Waals surface area contributed by atoms with E-state index in [0.29, 0.717) is 18.6 Å². The molecule has 20 heavy (non-hydrogen) atoms. The van der Waals surface area contributed by atoms with Crippen LogP contribution in [0.5, 0.6) is 5.75 Å². The molecule has 1 heterocycles. The molecule has 1 N–H and O–H groups in total. The summed E-state index contributed by atoms with van der Waals surface area (Å²) in [5.41, 5.74) is 2.43. The fraction of sp³-hybridized carbons (Fsp3) is 0.467. The van der Waals surface area contributed by atoms with Gasteiger partial charge in [-0.15, -0.1) is 11.6 Å². The Morgan fingerprint density at radius 1 is 1.45 bits per heavy atom. The number of halogens is 1. The average molecular weight is 296 g/mol. The molecular formula is C15H18ClNO3. The number of ketones is 1. The lowest BCUT2D eigenvalue weighted by atomic mass is 9.93. The molecule has 1 amide bonds. The van der Waals surface area contributed by atoms with Crippen molar-refractivity contribution in [1.82, 2.24) is 5.32 Å². The molecule has 1 aliphatic rings. The van der Waals surface area contributed by atoms with Gasteiger partial charge in [-0.05, 0) is 24.1 Å². The predicted molar refractivity (Wildman–Crippen MR) is 77.5 cm³/mol. The number of amides is 1. The lowest BCUT2D eigenvalue weighted by Crippen LogP contribution is -2.31. The second kappa shape index (κ2) is 6.27. The Kier molecular flexibility index (Phi) is 4.65. The first-order chi connectivity index (χ1) is 9.56. The SMILES string of the molecule is CCc1cc(C(=O)CCl)cc2c1OCCC2NC(C)=O. The molecule has 1 aromatic carbocycles. The summed E-state index contributed by atoms with van der Waals surface area (Å²) < 4.78 is 5.73. The van der Waals surface area contributed by atoms with E-state index in [9.17, 15) is 9.59 Å². The Balaban J connectivity index is 2.49. The molecule has 1 aliphatic heterocycles. The lowest BCUT2D eigenvalue weighted by molar-refractivity contribution is -0.119. The van der Waals surface area contributed by atoms with Crippen molar-refractivity contribution in [3.8, 4) is 5.75 Å². The van der Waals surface area contributed by atoms with Crippen LogP contribution in [0.3, 0.4) is 0 Å². The molecule has 5 heteroatoms. The highest BCUT2D eigenvalue weighted by atomic mass is 35.5. The second-order valence-electron chi connectivity index (χ2n) is 4.85. The van der Waals surface area contributed by atoms with Crippen LogP contribution >= 0.6 is 11.6 Å². The van der Waals surface area contributed by atoms with Gasteiger partial charge in [0.05, 0.1) is 18.5 Å². The van der Waals surface area contributed by atoms with Gasteiger partial charge in [0.25, 0.3) is 0 Å². The standard InChI is InChI=1S/C15H18ClNO3/c1-3-10-6-11(14(19)8-16)7-12-13(17-9(2)18)4-5-20-15(10)12/h6-7,13H,3-5,8H2,1-2H3,(H,17,18). The third-order valence-electron chi connectivity index (χ3n) is 3.42. The number of alkyl halides is 1. The number of hydrogen-bond donors (Lipinski definition) is 1. The number of ether oxygens (including phenoxy) is 1. The van der Waals surface area contributed by atoms with Crippen LogP contribution in [0.1, 0.15) is 47.8 Å². The van der Waals surface area contributed by atoms with Crippen LogP contribution in [-0.4, -0.2) is 24.2 Å². The third-order valence-corrected chi connectivity index (χ3v) is 3.67. The van der Waals surface area contributed by atoms with Gasteiger partial charge < -0.3 is 10.1 Å². The predicted octanol–water partition coefficient (Wildman–Crippen LogP) is 2.63. The molecule has 0 saturated carbocycles. The van der Waals surface area contributed by atoms with E-state index in [1.165, 1.54) is 6.92 Å². The van der Waals surface area contributed by atoms with Gasteiger partial charge in [-0.3, -0.25) is 9.59 Å². The summed E-state index contributed by atoms with van der Waals surface area (Å²) in [7, 11) is 0. The van der Waals surface area contributed by atoms with Crippen molar-refractivity contribution in [2.75, 3.05) is 12.5 Å². The summed E-state index contributed by atoms with van der Waals surface area (Å²) >= 11 is 5.64. The van der Waals surface area contributed by atoms with Crippen molar-refractivity contribution in [2.45, 2.75) is 32.7 Å². The van der Waals surface area contributed by atoms with Crippen LogP contribution in [0.2, 0.25) is 0 Å². The summed E-state index contributed by atoms with van der Waals surface area (Å²) in [4.78, 5) is 23.1. The summed E-state index contributed by atoms with van der Waals surface area (Å²) in [5, 5.41) is 2.91. The maximum atomic E-state index is 11.8. The monoisotopic (exact) mass is 295 g/mol. The number of nitrogens with one attached hydrogen (secondary N) is 1. The van der Waals surface area contributed by atoms with E-state index < -0.39 is 0 Å². The zero-order valence-electron chi connectivity index (χ0n) is 11.7. The first-order valence-electron chi connectivity index (χ1n) is 6.72. The summed E-state index contributed by atoms with van der Waals surface area (Å²) in [6, 6.07) is 3.52. The minimum Gasteiger partial charge on any atom is -0.493 e. The van der Waals surface area contributed by atoms with Gasteiger partial charge in [-0.1, -0.05) is 6.92 Å². The van der Waals surface area contributed by atoms with Gasteiger partial charge >= 0.3 is 0 Å². The fourth-order valence-electron chi connectivity index (χ4n) is 2.48. The highest BCUT2D eigenvalue weighted by Gasteiger charge is 2.25. The van der Waals surface area contributed by atoms with E-state index in [1.54, 1.807) is 6.07 Å². The average Bonchev–Trinajstić information content (AvgIpc) is 2.45. The Hall–Kier alpha value is -1.55. The number of carbonyl (C=O) groups excluding carboxylic acids is 2. The van der Waals surface area contributed by atoms with Crippen LogP contribution in [0.4, 0.5) is 0 Å². The Bertz CT molecular complexity index is 542. The first-order valence-corrected chi connectivity index (χ1v) is 7.26. The molecule has 0 aliphatic carbocycles. The van der Waals surface area contributed by atoms with Crippen LogP contribution in [0, 0.1) is 0 Å². The molecule has 108 valence electrons. The van der Waals surface area contributed by atoms with E-state index in [-0.39, 0.29) is 23.6 Å². The number of fused-ring (bicyclic) bond motifs is 1. The lowest BCUT2D eigenvalue weighted by Gasteiger charge is -2.28. The van der Waals surface area contributed by atoms with Crippen LogP contribution < -0.4 is 10.1 Å². The topological polar surface area (TPSA) is 55.4 Å². The Morgan fingerprint density at radius 2 is 2.20 bits per heavy atom. The molecule has 0 fully saturated rings. The molecular weight excluding hydrogens is 278 g/mol. The van der Waals surface area contributed by atoms with Crippen LogP contribution in [-0.2, 0) is 11.2 Å². The van der Waals surface area contributed by atoms with Crippen molar-refractivity contribution in [2.24, 2.45) is 0 Å². The quantitative estimate of drug-likeness (QED) is 0.686. The second-order valence-corrected chi connectivity index (χ2v) is 5.12. The first kappa shape index (κ1) is 14.9. The fourth-order valence-corrected chi connectivity index (χ4v) is 2.63. The maximum absolute atomic E-state index is 11.8. The zero-order chi connectivity index (χ0) is 14.7. The van der Waals surface area contributed by atoms with Gasteiger partial charge in [0.15, 0.2) is 5.78 Å². The minimum absolute atomic E-state index is 0.0480. The van der Waals surface area contributed by atoms with E-state index in [4.69, 9.17) is 16.3 Å². The van der Waals surface area contributed by atoms with E-state index in [1.807, 2.05) is 13.0 Å². The summed E-state index contributed by atoms with van der Waals surface area (Å²) in [5.74, 6) is 0.544. The number of carbonyl (C=O) groups is 2. The normalized spacial score (nSPS) is 17.1. The molecule has 0 bridgehead atoms. The van der Waals surface area contributed by atoms with E-state index >= 15 is 0 Å². The van der Waals surface area contributed by atoms with Crippen molar-refractivity contribution < 1.29 is 14.3 Å². The number of hydrogen-bond acceptors (Lipinski definition) is 3. The Labute approximate surface area is 123 Å². The highest BCUT2D eigenvalue weighted by molar-refractivity contribution is 6.30. The van der Waals surface area contributed by atoms with Crippen molar-refractivity contribution in [3.63, 3.8) is 0 Å². The van der Waals surface area contributed by atoms with Crippen LogP contribution in [0.15, 0.2) is 12.1 Å². The minimum atomic E-state index is -0.115.